The second-order valence-corrected chi connectivity index (χ2v) is 6.86. The Kier molecular flexibility index (Phi) is 5.27. The van der Waals surface area contributed by atoms with Crippen LogP contribution in [0.15, 0.2) is 0 Å². The molecule has 2 aliphatic rings. The van der Waals surface area contributed by atoms with Gasteiger partial charge in [0.15, 0.2) is 0 Å². The maximum absolute atomic E-state index is 12.0. The molecule has 1 amide bonds. The highest BCUT2D eigenvalue weighted by Crippen LogP contribution is 2.12. The molecule has 0 atom stereocenters. The molecule has 2 aliphatic heterocycles. The average molecular weight is 283 g/mol. The summed E-state index contributed by atoms with van der Waals surface area (Å²) in [7, 11) is 0. The number of ether oxygens (including phenoxy) is 1. The van der Waals surface area contributed by atoms with Gasteiger partial charge in [-0.05, 0) is 46.7 Å². The maximum Gasteiger partial charge on any atom is 0.410 e. The van der Waals surface area contributed by atoms with Crippen LogP contribution in [0.1, 0.15) is 33.6 Å². The zero-order valence-corrected chi connectivity index (χ0v) is 13.2. The highest BCUT2D eigenvalue weighted by atomic mass is 16.6. The lowest BCUT2D eigenvalue weighted by Gasteiger charge is -2.36. The highest BCUT2D eigenvalue weighted by Gasteiger charge is 2.25. The summed E-state index contributed by atoms with van der Waals surface area (Å²) in [6, 6.07) is 0. The van der Waals surface area contributed by atoms with E-state index >= 15 is 0 Å². The molecule has 0 aromatic heterocycles. The summed E-state index contributed by atoms with van der Waals surface area (Å²) in [5.74, 6) is 0. The first-order valence-corrected chi connectivity index (χ1v) is 7.87. The number of amides is 1. The lowest BCUT2D eigenvalue weighted by molar-refractivity contribution is 0.0140. The summed E-state index contributed by atoms with van der Waals surface area (Å²) in [5, 5.41) is 0. The third kappa shape index (κ3) is 4.94. The quantitative estimate of drug-likeness (QED) is 0.789. The molecule has 2 saturated heterocycles. The summed E-state index contributed by atoms with van der Waals surface area (Å²) in [4.78, 5) is 18.8. The number of carbonyl (C=O) groups is 1. The van der Waals surface area contributed by atoms with Crippen molar-refractivity contribution in [3.05, 3.63) is 0 Å². The molecular formula is C15H29N3O2. The van der Waals surface area contributed by atoms with E-state index in [4.69, 9.17) is 4.74 Å². The van der Waals surface area contributed by atoms with E-state index in [1.165, 1.54) is 32.5 Å². The normalized spacial score (nSPS) is 22.2. The van der Waals surface area contributed by atoms with Crippen molar-refractivity contribution in [3.8, 4) is 0 Å². The first-order valence-electron chi connectivity index (χ1n) is 7.87. The molecule has 20 heavy (non-hydrogen) atoms. The molecule has 0 unspecified atom stereocenters. The summed E-state index contributed by atoms with van der Waals surface area (Å²) in [5.41, 5.74) is -0.399. The van der Waals surface area contributed by atoms with Gasteiger partial charge in [-0.1, -0.05) is 0 Å². The van der Waals surface area contributed by atoms with Crippen molar-refractivity contribution >= 4 is 6.09 Å². The van der Waals surface area contributed by atoms with Gasteiger partial charge in [0, 0.05) is 39.3 Å². The number of rotatable bonds is 3. The van der Waals surface area contributed by atoms with E-state index < -0.39 is 5.60 Å². The van der Waals surface area contributed by atoms with Crippen molar-refractivity contribution < 1.29 is 9.53 Å². The molecule has 0 N–H and O–H groups in total. The molecule has 5 heteroatoms. The minimum Gasteiger partial charge on any atom is -0.444 e. The topological polar surface area (TPSA) is 36.0 Å². The first kappa shape index (κ1) is 15.6. The van der Waals surface area contributed by atoms with Crippen molar-refractivity contribution in [2.75, 3.05) is 52.4 Å². The van der Waals surface area contributed by atoms with Crippen molar-refractivity contribution in [3.63, 3.8) is 0 Å². The largest absolute Gasteiger partial charge is 0.444 e. The molecule has 0 saturated carbocycles. The van der Waals surface area contributed by atoms with Crippen LogP contribution < -0.4 is 0 Å². The molecule has 0 aromatic carbocycles. The van der Waals surface area contributed by atoms with Crippen LogP contribution in [-0.4, -0.2) is 78.8 Å². The average Bonchev–Trinajstić information content (AvgIpc) is 2.88. The van der Waals surface area contributed by atoms with E-state index in [0.717, 1.165) is 32.7 Å². The smallest absolute Gasteiger partial charge is 0.410 e. The van der Waals surface area contributed by atoms with E-state index in [1.807, 2.05) is 25.7 Å². The molecule has 2 rings (SSSR count). The van der Waals surface area contributed by atoms with Crippen molar-refractivity contribution in [2.24, 2.45) is 0 Å². The number of hydrogen-bond acceptors (Lipinski definition) is 4. The van der Waals surface area contributed by atoms with Crippen LogP contribution in [-0.2, 0) is 4.74 Å². The minimum absolute atomic E-state index is 0.170. The van der Waals surface area contributed by atoms with E-state index in [-0.39, 0.29) is 6.09 Å². The number of hydrogen-bond donors (Lipinski definition) is 0. The maximum atomic E-state index is 12.0. The predicted molar refractivity (Wildman–Crippen MR) is 79.9 cm³/mol. The van der Waals surface area contributed by atoms with Gasteiger partial charge in [0.1, 0.15) is 5.60 Å². The van der Waals surface area contributed by atoms with Gasteiger partial charge < -0.3 is 14.5 Å². The zero-order valence-electron chi connectivity index (χ0n) is 13.2. The van der Waals surface area contributed by atoms with Gasteiger partial charge >= 0.3 is 6.09 Å². The fourth-order valence-electron chi connectivity index (χ4n) is 2.77. The Hall–Kier alpha value is -0.810. The van der Waals surface area contributed by atoms with E-state index in [2.05, 4.69) is 9.80 Å². The van der Waals surface area contributed by atoms with Crippen molar-refractivity contribution in [1.82, 2.24) is 14.7 Å². The molecule has 0 aromatic rings. The SMILES string of the molecule is CC(C)(C)OC(=O)N1CCN(CCN2CCCC2)CC1. The number of carbonyl (C=O) groups excluding carboxylic acids is 1. The third-order valence-corrected chi connectivity index (χ3v) is 3.96. The van der Waals surface area contributed by atoms with Crippen LogP contribution in [0.2, 0.25) is 0 Å². The van der Waals surface area contributed by atoms with E-state index in [1.54, 1.807) is 0 Å². The van der Waals surface area contributed by atoms with Gasteiger partial charge in [-0.3, -0.25) is 4.90 Å². The number of nitrogens with zero attached hydrogens (tertiary/aromatic N) is 3. The van der Waals surface area contributed by atoms with Crippen molar-refractivity contribution in [1.29, 1.82) is 0 Å². The van der Waals surface area contributed by atoms with Crippen molar-refractivity contribution in [2.45, 2.75) is 39.2 Å². The Morgan fingerprint density at radius 2 is 1.40 bits per heavy atom. The number of likely N-dealkylation sites (tertiary alicyclic amines) is 1. The highest BCUT2D eigenvalue weighted by molar-refractivity contribution is 5.68. The van der Waals surface area contributed by atoms with E-state index in [0.29, 0.717) is 0 Å². The summed E-state index contributed by atoms with van der Waals surface area (Å²) in [6.07, 6.45) is 2.54. The molecule has 2 fully saturated rings. The Balaban J connectivity index is 1.65. The zero-order chi connectivity index (χ0) is 14.6. The van der Waals surface area contributed by atoms with E-state index in [9.17, 15) is 4.79 Å². The molecule has 0 radical (unpaired) electrons. The lowest BCUT2D eigenvalue weighted by atomic mass is 10.2. The summed E-state index contributed by atoms with van der Waals surface area (Å²) < 4.78 is 5.41. The number of piperazine rings is 1. The van der Waals surface area contributed by atoms with Gasteiger partial charge in [-0.25, -0.2) is 4.79 Å². The summed E-state index contributed by atoms with van der Waals surface area (Å²) >= 11 is 0. The molecule has 0 bridgehead atoms. The molecule has 0 spiro atoms. The van der Waals surface area contributed by atoms with Crippen LogP contribution in [0.5, 0.6) is 0 Å². The Bertz CT molecular complexity index is 314. The van der Waals surface area contributed by atoms with Crippen LogP contribution in [0, 0.1) is 0 Å². The Labute approximate surface area is 122 Å². The fraction of sp³-hybridized carbons (Fsp3) is 0.933. The van der Waals surface area contributed by atoms with Gasteiger partial charge in [0.2, 0.25) is 0 Å². The fourth-order valence-corrected chi connectivity index (χ4v) is 2.77. The van der Waals surface area contributed by atoms with Crippen LogP contribution in [0.3, 0.4) is 0 Å². The molecular weight excluding hydrogens is 254 g/mol. The molecule has 5 nitrogen and oxygen atoms in total. The van der Waals surface area contributed by atoms with Crippen LogP contribution >= 0.6 is 0 Å². The van der Waals surface area contributed by atoms with Crippen LogP contribution in [0.4, 0.5) is 4.79 Å². The molecule has 0 aliphatic carbocycles. The van der Waals surface area contributed by atoms with Gasteiger partial charge in [0.25, 0.3) is 0 Å². The van der Waals surface area contributed by atoms with Gasteiger partial charge in [0.05, 0.1) is 0 Å². The molecule has 2 heterocycles. The van der Waals surface area contributed by atoms with Crippen LogP contribution in [0.25, 0.3) is 0 Å². The minimum atomic E-state index is -0.399. The first-order chi connectivity index (χ1) is 9.44. The summed E-state index contributed by atoms with van der Waals surface area (Å²) in [6.45, 7) is 14.1. The van der Waals surface area contributed by atoms with Gasteiger partial charge in [-0.2, -0.15) is 0 Å². The second-order valence-electron chi connectivity index (χ2n) is 6.86. The monoisotopic (exact) mass is 283 g/mol. The standard InChI is InChI=1S/C15H29N3O2/c1-15(2,3)20-14(19)18-12-10-17(11-13-18)9-8-16-6-4-5-7-16/h4-13H2,1-3H3. The molecule has 116 valence electrons. The third-order valence-electron chi connectivity index (χ3n) is 3.96. The Morgan fingerprint density at radius 1 is 0.900 bits per heavy atom. The Morgan fingerprint density at radius 3 is 1.90 bits per heavy atom. The second kappa shape index (κ2) is 6.76. The van der Waals surface area contributed by atoms with Gasteiger partial charge in [-0.15, -0.1) is 0 Å². The lowest BCUT2D eigenvalue weighted by Crippen LogP contribution is -2.51. The predicted octanol–water partition coefficient (Wildman–Crippen LogP) is 1.63.